The SMILES string of the molecule is CC(C)[C@H](NC(=O)[C@H](C)NNc1ccc(COC(=O)C(C)(C)C)cc1)C(=O)C(C)(C)C. The standard InChI is InChI=1S/C24H39N3O4/c1-15(2)19(20(28)23(4,5)6)25-21(29)16(3)26-27-18-12-10-17(11-13-18)14-31-22(30)24(7,8)9/h10-13,15-16,19,26-27H,14H2,1-9H3,(H,25,29)/t16-,19-/m0/s1. The van der Waals surface area contributed by atoms with Gasteiger partial charge in [-0.15, -0.1) is 0 Å². The second-order valence-electron chi connectivity index (χ2n) is 10.4. The van der Waals surface area contributed by atoms with Gasteiger partial charge in [-0.25, -0.2) is 5.43 Å². The monoisotopic (exact) mass is 433 g/mol. The van der Waals surface area contributed by atoms with Crippen LogP contribution < -0.4 is 16.2 Å². The van der Waals surface area contributed by atoms with Crippen LogP contribution in [0.5, 0.6) is 0 Å². The quantitative estimate of drug-likeness (QED) is 0.404. The van der Waals surface area contributed by atoms with Crippen molar-refractivity contribution in [3.05, 3.63) is 29.8 Å². The van der Waals surface area contributed by atoms with E-state index in [-0.39, 0.29) is 30.2 Å². The lowest BCUT2D eigenvalue weighted by Crippen LogP contribution is -2.54. The van der Waals surface area contributed by atoms with Crippen molar-refractivity contribution in [2.45, 2.75) is 81.0 Å². The summed E-state index contributed by atoms with van der Waals surface area (Å²) in [5.74, 6) is -0.495. The molecule has 0 fully saturated rings. The zero-order chi connectivity index (χ0) is 24.0. The molecule has 1 amide bonds. The number of hydrazine groups is 1. The van der Waals surface area contributed by atoms with Crippen molar-refractivity contribution in [2.24, 2.45) is 16.7 Å². The summed E-state index contributed by atoms with van der Waals surface area (Å²) in [6.45, 7) is 16.8. The van der Waals surface area contributed by atoms with Gasteiger partial charge in [-0.3, -0.25) is 14.4 Å². The molecule has 0 aliphatic rings. The third-order valence-corrected chi connectivity index (χ3v) is 4.75. The predicted molar refractivity (Wildman–Crippen MR) is 123 cm³/mol. The third kappa shape index (κ3) is 8.69. The number of hydrogen-bond acceptors (Lipinski definition) is 6. The molecule has 1 aromatic rings. The topological polar surface area (TPSA) is 96.5 Å². The van der Waals surface area contributed by atoms with Crippen molar-refractivity contribution >= 4 is 23.3 Å². The molecule has 7 heteroatoms. The number of ether oxygens (including phenoxy) is 1. The van der Waals surface area contributed by atoms with E-state index in [4.69, 9.17) is 4.74 Å². The minimum Gasteiger partial charge on any atom is -0.460 e. The molecule has 1 aromatic carbocycles. The van der Waals surface area contributed by atoms with Crippen molar-refractivity contribution in [1.29, 1.82) is 0 Å². The summed E-state index contributed by atoms with van der Waals surface area (Å²) in [5, 5.41) is 2.87. The van der Waals surface area contributed by atoms with Crippen LogP contribution in [0.25, 0.3) is 0 Å². The largest absolute Gasteiger partial charge is 0.460 e. The zero-order valence-electron chi connectivity index (χ0n) is 20.4. The molecule has 0 saturated heterocycles. The van der Waals surface area contributed by atoms with Gasteiger partial charge in [0.1, 0.15) is 12.6 Å². The van der Waals surface area contributed by atoms with Gasteiger partial charge in [0.2, 0.25) is 5.91 Å². The van der Waals surface area contributed by atoms with Crippen LogP contribution in [0.1, 0.15) is 67.9 Å². The van der Waals surface area contributed by atoms with Crippen molar-refractivity contribution < 1.29 is 19.1 Å². The van der Waals surface area contributed by atoms with Crippen molar-refractivity contribution in [2.75, 3.05) is 5.43 Å². The fourth-order valence-electron chi connectivity index (χ4n) is 2.59. The molecule has 0 unspecified atom stereocenters. The second kappa shape index (κ2) is 10.8. The molecule has 0 spiro atoms. The normalized spacial score (nSPS) is 14.0. The molecule has 0 aromatic heterocycles. The Balaban J connectivity index is 2.59. The van der Waals surface area contributed by atoms with E-state index in [1.807, 2.05) is 79.7 Å². The lowest BCUT2D eigenvalue weighted by molar-refractivity contribution is -0.154. The Morgan fingerprint density at radius 2 is 1.45 bits per heavy atom. The average Bonchev–Trinajstić information content (AvgIpc) is 2.66. The number of benzene rings is 1. The minimum absolute atomic E-state index is 0.00392. The highest BCUT2D eigenvalue weighted by molar-refractivity contribution is 5.93. The summed E-state index contributed by atoms with van der Waals surface area (Å²) in [7, 11) is 0. The summed E-state index contributed by atoms with van der Waals surface area (Å²) in [6.07, 6.45) is 0. The molecule has 0 heterocycles. The first-order valence-corrected chi connectivity index (χ1v) is 10.8. The number of carbonyl (C=O) groups is 3. The van der Waals surface area contributed by atoms with Gasteiger partial charge in [0.25, 0.3) is 0 Å². The van der Waals surface area contributed by atoms with Gasteiger partial charge >= 0.3 is 5.97 Å². The van der Waals surface area contributed by atoms with Crippen LogP contribution in [-0.4, -0.2) is 29.7 Å². The van der Waals surface area contributed by atoms with Crippen molar-refractivity contribution in [1.82, 2.24) is 10.7 Å². The van der Waals surface area contributed by atoms with Crippen LogP contribution in [0.4, 0.5) is 5.69 Å². The molecule has 0 aliphatic carbocycles. The van der Waals surface area contributed by atoms with Gasteiger partial charge in [0.15, 0.2) is 5.78 Å². The average molecular weight is 434 g/mol. The number of carbonyl (C=O) groups excluding carboxylic acids is 3. The first kappa shape index (κ1) is 26.6. The van der Waals surface area contributed by atoms with E-state index < -0.39 is 22.9 Å². The molecule has 0 bridgehead atoms. The number of hydrogen-bond donors (Lipinski definition) is 3. The van der Waals surface area contributed by atoms with Gasteiger partial charge in [-0.05, 0) is 51.3 Å². The van der Waals surface area contributed by atoms with Crippen LogP contribution in [0.2, 0.25) is 0 Å². The van der Waals surface area contributed by atoms with Gasteiger partial charge < -0.3 is 15.5 Å². The zero-order valence-corrected chi connectivity index (χ0v) is 20.4. The molecule has 0 radical (unpaired) electrons. The molecule has 1 rings (SSSR count). The summed E-state index contributed by atoms with van der Waals surface area (Å²) in [6, 6.07) is 6.27. The molecule has 3 N–H and O–H groups in total. The molecule has 7 nitrogen and oxygen atoms in total. The van der Waals surface area contributed by atoms with Gasteiger partial charge in [-0.1, -0.05) is 46.8 Å². The molecule has 0 saturated carbocycles. The molecule has 0 aliphatic heterocycles. The first-order valence-electron chi connectivity index (χ1n) is 10.8. The number of ketones is 1. The lowest BCUT2D eigenvalue weighted by Gasteiger charge is -2.29. The number of amides is 1. The van der Waals surface area contributed by atoms with Crippen molar-refractivity contribution in [3.8, 4) is 0 Å². The van der Waals surface area contributed by atoms with E-state index in [0.717, 1.165) is 11.3 Å². The van der Waals surface area contributed by atoms with E-state index in [9.17, 15) is 14.4 Å². The fourth-order valence-corrected chi connectivity index (χ4v) is 2.59. The lowest BCUT2D eigenvalue weighted by atomic mass is 9.82. The van der Waals surface area contributed by atoms with E-state index in [1.165, 1.54) is 0 Å². The van der Waals surface area contributed by atoms with E-state index in [0.29, 0.717) is 0 Å². The predicted octanol–water partition coefficient (Wildman–Crippen LogP) is 3.84. The summed E-state index contributed by atoms with van der Waals surface area (Å²) < 4.78 is 5.31. The molecular formula is C24H39N3O4. The highest BCUT2D eigenvalue weighted by Crippen LogP contribution is 2.20. The van der Waals surface area contributed by atoms with Crippen LogP contribution in [-0.2, 0) is 25.7 Å². The number of nitrogens with one attached hydrogen (secondary N) is 3. The first-order chi connectivity index (χ1) is 14.1. The van der Waals surface area contributed by atoms with Crippen LogP contribution in [0.3, 0.4) is 0 Å². The highest BCUT2D eigenvalue weighted by atomic mass is 16.5. The maximum absolute atomic E-state index is 12.6. The summed E-state index contributed by atoms with van der Waals surface area (Å²) in [4.78, 5) is 37.1. The van der Waals surface area contributed by atoms with E-state index in [1.54, 1.807) is 6.92 Å². The third-order valence-electron chi connectivity index (χ3n) is 4.75. The Labute approximate surface area is 186 Å². The molecule has 31 heavy (non-hydrogen) atoms. The summed E-state index contributed by atoms with van der Waals surface area (Å²) in [5.41, 5.74) is 6.52. The van der Waals surface area contributed by atoms with Gasteiger partial charge in [0.05, 0.1) is 11.5 Å². The smallest absolute Gasteiger partial charge is 0.311 e. The fraction of sp³-hybridized carbons (Fsp3) is 0.625. The van der Waals surface area contributed by atoms with Crippen LogP contribution in [0, 0.1) is 16.7 Å². The highest BCUT2D eigenvalue weighted by Gasteiger charge is 2.33. The van der Waals surface area contributed by atoms with Crippen molar-refractivity contribution in [3.63, 3.8) is 0 Å². The van der Waals surface area contributed by atoms with E-state index >= 15 is 0 Å². The minimum atomic E-state index is -0.554. The second-order valence-corrected chi connectivity index (χ2v) is 10.4. The Bertz CT molecular complexity index is 759. The Morgan fingerprint density at radius 3 is 1.90 bits per heavy atom. The van der Waals surface area contributed by atoms with Crippen LogP contribution >= 0.6 is 0 Å². The van der Waals surface area contributed by atoms with E-state index in [2.05, 4.69) is 16.2 Å². The molecular weight excluding hydrogens is 394 g/mol. The number of rotatable bonds is 9. The number of Topliss-reactive ketones (excluding diaryl/α,β-unsaturated/α-hetero) is 1. The van der Waals surface area contributed by atoms with Gasteiger partial charge in [0, 0.05) is 11.1 Å². The molecule has 2 atom stereocenters. The van der Waals surface area contributed by atoms with Gasteiger partial charge in [-0.2, -0.15) is 0 Å². The maximum atomic E-state index is 12.6. The number of anilines is 1. The van der Waals surface area contributed by atoms with Crippen LogP contribution in [0.15, 0.2) is 24.3 Å². The number of esters is 1. The summed E-state index contributed by atoms with van der Waals surface area (Å²) >= 11 is 0. The molecule has 174 valence electrons. The Hall–Kier alpha value is -2.41. The maximum Gasteiger partial charge on any atom is 0.311 e. The Kier molecular flexibility index (Phi) is 9.24. The Morgan fingerprint density at radius 1 is 0.903 bits per heavy atom.